The topological polar surface area (TPSA) is 33.0 Å². The number of halogens is 2. The summed E-state index contributed by atoms with van der Waals surface area (Å²) < 4.78 is 18.2. The summed E-state index contributed by atoms with van der Waals surface area (Å²) in [6, 6.07) is 12.3. The molecule has 0 N–H and O–H groups in total. The third kappa shape index (κ3) is 2.74. The van der Waals surface area contributed by atoms with Gasteiger partial charge in [-0.3, -0.25) is 0 Å². The van der Waals surface area contributed by atoms with E-state index in [4.69, 9.17) is 21.6 Å². The highest BCUT2D eigenvalue weighted by molar-refractivity contribution is 6.30. The molecule has 2 aromatic carbocycles. The molecule has 0 aliphatic heterocycles. The molecule has 0 amide bonds. The minimum Gasteiger partial charge on any atom is -0.456 e. The van der Waals surface area contributed by atoms with Crippen molar-refractivity contribution < 1.29 is 9.13 Å². The molecule has 0 saturated carbocycles. The molecule has 2 rings (SSSR count). The largest absolute Gasteiger partial charge is 0.456 e. The van der Waals surface area contributed by atoms with Gasteiger partial charge in [0.1, 0.15) is 23.4 Å². The first-order chi connectivity index (χ1) is 8.19. The van der Waals surface area contributed by atoms with Crippen molar-refractivity contribution in [3.8, 4) is 17.6 Å². The van der Waals surface area contributed by atoms with Crippen LogP contribution < -0.4 is 4.74 Å². The molecule has 17 heavy (non-hydrogen) atoms. The average molecular weight is 248 g/mol. The van der Waals surface area contributed by atoms with Crippen LogP contribution in [0.3, 0.4) is 0 Å². The van der Waals surface area contributed by atoms with Crippen LogP contribution in [0.1, 0.15) is 5.56 Å². The number of rotatable bonds is 2. The Morgan fingerprint density at radius 1 is 1.12 bits per heavy atom. The standard InChI is InChI=1S/C13H7ClFNO/c14-10-2-1-9(8-16)13(7-10)17-12-5-3-11(15)4-6-12/h1-7H. The van der Waals surface area contributed by atoms with Crippen LogP contribution in [0, 0.1) is 17.1 Å². The molecule has 2 aromatic rings. The zero-order chi connectivity index (χ0) is 12.3. The first-order valence-corrected chi connectivity index (χ1v) is 5.20. The van der Waals surface area contributed by atoms with Gasteiger partial charge in [-0.2, -0.15) is 5.26 Å². The van der Waals surface area contributed by atoms with Gasteiger partial charge in [0.15, 0.2) is 0 Å². The van der Waals surface area contributed by atoms with Gasteiger partial charge in [-0.05, 0) is 36.4 Å². The molecule has 0 aliphatic carbocycles. The van der Waals surface area contributed by atoms with E-state index in [1.807, 2.05) is 6.07 Å². The minimum atomic E-state index is -0.344. The minimum absolute atomic E-state index is 0.344. The van der Waals surface area contributed by atoms with Gasteiger partial charge in [-0.25, -0.2) is 4.39 Å². The van der Waals surface area contributed by atoms with E-state index in [9.17, 15) is 4.39 Å². The first-order valence-electron chi connectivity index (χ1n) is 4.82. The van der Waals surface area contributed by atoms with Crippen molar-refractivity contribution in [1.29, 1.82) is 5.26 Å². The Balaban J connectivity index is 2.32. The summed E-state index contributed by atoms with van der Waals surface area (Å²) in [6.07, 6.45) is 0. The zero-order valence-corrected chi connectivity index (χ0v) is 9.41. The van der Waals surface area contributed by atoms with Crippen LogP contribution in [0.5, 0.6) is 11.5 Å². The summed E-state index contributed by atoms with van der Waals surface area (Å²) in [4.78, 5) is 0. The van der Waals surface area contributed by atoms with Crippen molar-refractivity contribution in [2.45, 2.75) is 0 Å². The lowest BCUT2D eigenvalue weighted by Gasteiger charge is -2.07. The van der Waals surface area contributed by atoms with E-state index < -0.39 is 0 Å². The fourth-order valence-corrected chi connectivity index (χ4v) is 1.46. The smallest absolute Gasteiger partial charge is 0.146 e. The molecule has 0 atom stereocenters. The normalized spacial score (nSPS) is 9.71. The molecule has 0 unspecified atom stereocenters. The van der Waals surface area contributed by atoms with Gasteiger partial charge < -0.3 is 4.74 Å². The molecule has 0 radical (unpaired) electrons. The van der Waals surface area contributed by atoms with Gasteiger partial charge in [0.05, 0.1) is 5.56 Å². The molecule has 0 bridgehead atoms. The van der Waals surface area contributed by atoms with E-state index in [0.717, 1.165) is 0 Å². The Morgan fingerprint density at radius 2 is 1.82 bits per heavy atom. The monoisotopic (exact) mass is 247 g/mol. The fraction of sp³-hybridized carbons (Fsp3) is 0. The van der Waals surface area contributed by atoms with E-state index in [1.54, 1.807) is 18.2 Å². The molecular formula is C13H7ClFNO. The summed E-state index contributed by atoms with van der Waals surface area (Å²) in [5, 5.41) is 9.37. The number of hydrogen-bond donors (Lipinski definition) is 0. The maximum atomic E-state index is 12.7. The lowest BCUT2D eigenvalue weighted by Crippen LogP contribution is -1.88. The van der Waals surface area contributed by atoms with Crippen molar-refractivity contribution in [2.24, 2.45) is 0 Å². The van der Waals surface area contributed by atoms with Crippen LogP contribution in [-0.4, -0.2) is 0 Å². The summed E-state index contributed by atoms with van der Waals surface area (Å²) in [7, 11) is 0. The number of nitrogens with zero attached hydrogens (tertiary/aromatic N) is 1. The van der Waals surface area contributed by atoms with Crippen molar-refractivity contribution in [2.75, 3.05) is 0 Å². The molecule has 0 aromatic heterocycles. The highest BCUT2D eigenvalue weighted by atomic mass is 35.5. The third-order valence-electron chi connectivity index (χ3n) is 2.11. The SMILES string of the molecule is N#Cc1ccc(Cl)cc1Oc1ccc(F)cc1. The van der Waals surface area contributed by atoms with Crippen LogP contribution in [0.2, 0.25) is 5.02 Å². The van der Waals surface area contributed by atoms with Crippen molar-refractivity contribution in [3.05, 3.63) is 58.9 Å². The molecule has 0 heterocycles. The number of nitriles is 1. The van der Waals surface area contributed by atoms with Gasteiger partial charge >= 0.3 is 0 Å². The molecule has 4 heteroatoms. The van der Waals surface area contributed by atoms with E-state index in [-0.39, 0.29) is 5.82 Å². The molecule has 0 spiro atoms. The molecule has 2 nitrogen and oxygen atoms in total. The van der Waals surface area contributed by atoms with Gasteiger partial charge in [0, 0.05) is 11.1 Å². The van der Waals surface area contributed by atoms with Crippen molar-refractivity contribution in [1.82, 2.24) is 0 Å². The predicted octanol–water partition coefficient (Wildman–Crippen LogP) is 4.14. The molecule has 0 aliphatic rings. The lowest BCUT2D eigenvalue weighted by molar-refractivity contribution is 0.479. The number of benzene rings is 2. The number of hydrogen-bond acceptors (Lipinski definition) is 2. The molecular weight excluding hydrogens is 241 g/mol. The predicted molar refractivity (Wildman–Crippen MR) is 62.6 cm³/mol. The second-order valence-corrected chi connectivity index (χ2v) is 3.74. The van der Waals surface area contributed by atoms with Gasteiger partial charge in [-0.1, -0.05) is 11.6 Å². The van der Waals surface area contributed by atoms with E-state index in [1.165, 1.54) is 24.3 Å². The van der Waals surface area contributed by atoms with Gasteiger partial charge in [0.2, 0.25) is 0 Å². The van der Waals surface area contributed by atoms with Crippen LogP contribution in [0.4, 0.5) is 4.39 Å². The molecule has 0 fully saturated rings. The number of ether oxygens (including phenoxy) is 1. The van der Waals surface area contributed by atoms with Crippen molar-refractivity contribution >= 4 is 11.6 Å². The zero-order valence-electron chi connectivity index (χ0n) is 8.65. The van der Waals surface area contributed by atoms with Crippen molar-refractivity contribution in [3.63, 3.8) is 0 Å². The van der Waals surface area contributed by atoms with Gasteiger partial charge in [-0.15, -0.1) is 0 Å². The summed E-state index contributed by atoms with van der Waals surface area (Å²) in [5.74, 6) is 0.459. The third-order valence-corrected chi connectivity index (χ3v) is 2.34. The van der Waals surface area contributed by atoms with E-state index >= 15 is 0 Å². The van der Waals surface area contributed by atoms with Crippen LogP contribution >= 0.6 is 11.6 Å². The average Bonchev–Trinajstić information content (AvgIpc) is 2.32. The highest BCUT2D eigenvalue weighted by Gasteiger charge is 2.05. The van der Waals surface area contributed by atoms with Gasteiger partial charge in [0.25, 0.3) is 0 Å². The molecule has 84 valence electrons. The Hall–Kier alpha value is -2.05. The fourth-order valence-electron chi connectivity index (χ4n) is 1.30. The Kier molecular flexibility index (Phi) is 3.27. The quantitative estimate of drug-likeness (QED) is 0.799. The summed E-state index contributed by atoms with van der Waals surface area (Å²) in [6.45, 7) is 0. The Bertz CT molecular complexity index is 575. The second kappa shape index (κ2) is 4.86. The highest BCUT2D eigenvalue weighted by Crippen LogP contribution is 2.27. The maximum Gasteiger partial charge on any atom is 0.146 e. The maximum absolute atomic E-state index is 12.7. The second-order valence-electron chi connectivity index (χ2n) is 3.31. The summed E-state index contributed by atoms with van der Waals surface area (Å²) in [5.41, 5.74) is 0.374. The molecule has 0 saturated heterocycles. The van der Waals surface area contributed by atoms with Crippen LogP contribution in [0.25, 0.3) is 0 Å². The lowest BCUT2D eigenvalue weighted by atomic mass is 10.2. The Labute approximate surface area is 103 Å². The van der Waals surface area contributed by atoms with E-state index in [2.05, 4.69) is 0 Å². The first kappa shape index (κ1) is 11.4. The summed E-state index contributed by atoms with van der Waals surface area (Å²) >= 11 is 5.82. The van der Waals surface area contributed by atoms with Crippen LogP contribution in [-0.2, 0) is 0 Å². The van der Waals surface area contributed by atoms with E-state index in [0.29, 0.717) is 22.1 Å². The Morgan fingerprint density at radius 3 is 2.47 bits per heavy atom. The van der Waals surface area contributed by atoms with Crippen LogP contribution in [0.15, 0.2) is 42.5 Å².